The van der Waals surface area contributed by atoms with Crippen LogP contribution in [0.15, 0.2) is 18.5 Å². The van der Waals surface area contributed by atoms with Crippen molar-refractivity contribution in [2.45, 2.75) is 44.9 Å². The molecule has 2 unspecified atom stereocenters. The molecule has 2 rings (SSSR count). The summed E-state index contributed by atoms with van der Waals surface area (Å²) in [4.78, 5) is 4.28. The first-order valence-corrected chi connectivity index (χ1v) is 6.97. The Morgan fingerprint density at radius 3 is 2.58 bits per heavy atom. The van der Waals surface area contributed by atoms with Crippen LogP contribution in [0, 0.1) is 5.92 Å². The molecule has 4 nitrogen and oxygen atoms in total. The Bertz CT molecular complexity index is 405. The second-order valence-corrected chi connectivity index (χ2v) is 5.42. The lowest BCUT2D eigenvalue weighted by Crippen LogP contribution is -2.32. The lowest BCUT2D eigenvalue weighted by atomic mass is 9.99. The number of ether oxygens (including phenoxy) is 2. The van der Waals surface area contributed by atoms with Crippen molar-refractivity contribution in [2.75, 3.05) is 14.2 Å². The molecule has 0 spiro atoms. The van der Waals surface area contributed by atoms with Crippen molar-refractivity contribution in [1.82, 2.24) is 10.3 Å². The summed E-state index contributed by atoms with van der Waals surface area (Å²) in [6, 6.07) is 2.23. The van der Waals surface area contributed by atoms with E-state index in [4.69, 9.17) is 9.47 Å². The van der Waals surface area contributed by atoms with Crippen molar-refractivity contribution < 1.29 is 9.47 Å². The minimum absolute atomic E-state index is 0.159. The van der Waals surface area contributed by atoms with E-state index in [1.54, 1.807) is 13.3 Å². The third-order valence-electron chi connectivity index (χ3n) is 3.46. The van der Waals surface area contributed by atoms with Crippen LogP contribution in [-0.2, 0) is 4.74 Å². The van der Waals surface area contributed by atoms with Crippen LogP contribution in [-0.4, -0.2) is 31.3 Å². The average molecular weight is 264 g/mol. The highest BCUT2D eigenvalue weighted by Gasteiger charge is 2.37. The van der Waals surface area contributed by atoms with Crippen LogP contribution in [0.5, 0.6) is 5.75 Å². The summed E-state index contributed by atoms with van der Waals surface area (Å²) in [5.74, 6) is 1.48. The van der Waals surface area contributed by atoms with E-state index in [1.807, 2.05) is 27.1 Å². The van der Waals surface area contributed by atoms with E-state index in [0.29, 0.717) is 5.92 Å². The number of aromatic nitrogens is 1. The zero-order chi connectivity index (χ0) is 13.8. The number of pyridine rings is 1. The summed E-state index contributed by atoms with van der Waals surface area (Å²) in [6.45, 7) is 4.04. The zero-order valence-corrected chi connectivity index (χ0v) is 12.2. The molecule has 0 bridgehead atoms. The maximum atomic E-state index is 5.71. The molecule has 0 aromatic carbocycles. The summed E-state index contributed by atoms with van der Waals surface area (Å²) >= 11 is 0. The number of methoxy groups -OCH3 is 1. The molecule has 1 aliphatic carbocycles. The number of rotatable bonds is 7. The van der Waals surface area contributed by atoms with Crippen LogP contribution in [0.4, 0.5) is 0 Å². The van der Waals surface area contributed by atoms with Gasteiger partial charge in [0.25, 0.3) is 0 Å². The Labute approximate surface area is 115 Å². The van der Waals surface area contributed by atoms with Crippen molar-refractivity contribution in [1.29, 1.82) is 0 Å². The highest BCUT2D eigenvalue weighted by molar-refractivity contribution is 5.27. The Morgan fingerprint density at radius 2 is 2.05 bits per heavy atom. The van der Waals surface area contributed by atoms with Gasteiger partial charge < -0.3 is 14.8 Å². The van der Waals surface area contributed by atoms with Gasteiger partial charge in [0.1, 0.15) is 5.75 Å². The average Bonchev–Trinajstić information content (AvgIpc) is 3.19. The van der Waals surface area contributed by atoms with Crippen molar-refractivity contribution >= 4 is 0 Å². The molecule has 0 radical (unpaired) electrons. The lowest BCUT2D eigenvalue weighted by Gasteiger charge is -2.26. The van der Waals surface area contributed by atoms with E-state index in [2.05, 4.69) is 16.4 Å². The standard InChI is InChI=1S/C15H24N2O2/c1-10(2)19-13-7-12(8-17-9-13)14(16-3)15(18-4)11-5-6-11/h7-11,14-16H,5-6H2,1-4H3. The highest BCUT2D eigenvalue weighted by Crippen LogP contribution is 2.39. The third-order valence-corrected chi connectivity index (χ3v) is 3.46. The van der Waals surface area contributed by atoms with Crippen LogP contribution >= 0.6 is 0 Å². The predicted octanol–water partition coefficient (Wildman–Crippen LogP) is 2.55. The van der Waals surface area contributed by atoms with Crippen molar-refractivity contribution in [2.24, 2.45) is 5.92 Å². The summed E-state index contributed by atoms with van der Waals surface area (Å²) in [6.07, 6.45) is 6.53. The predicted molar refractivity (Wildman–Crippen MR) is 75.3 cm³/mol. The molecule has 1 saturated carbocycles. The van der Waals surface area contributed by atoms with Gasteiger partial charge >= 0.3 is 0 Å². The number of hydrogen-bond donors (Lipinski definition) is 1. The van der Waals surface area contributed by atoms with Gasteiger partial charge in [-0.2, -0.15) is 0 Å². The second kappa shape index (κ2) is 6.35. The molecule has 0 saturated heterocycles. The molecule has 1 heterocycles. The number of nitrogens with zero attached hydrogens (tertiary/aromatic N) is 1. The summed E-state index contributed by atoms with van der Waals surface area (Å²) in [7, 11) is 3.75. The van der Waals surface area contributed by atoms with Crippen LogP contribution in [0.3, 0.4) is 0 Å². The Balaban J connectivity index is 2.17. The van der Waals surface area contributed by atoms with E-state index >= 15 is 0 Å². The molecule has 106 valence electrons. The van der Waals surface area contributed by atoms with Gasteiger partial charge in [0, 0.05) is 13.3 Å². The molecule has 1 aromatic heterocycles. The number of hydrogen-bond acceptors (Lipinski definition) is 4. The summed E-state index contributed by atoms with van der Waals surface area (Å²) in [5.41, 5.74) is 1.12. The first-order chi connectivity index (χ1) is 9.15. The molecular formula is C15H24N2O2. The van der Waals surface area contributed by atoms with Gasteiger partial charge in [-0.15, -0.1) is 0 Å². The largest absolute Gasteiger partial charge is 0.489 e. The van der Waals surface area contributed by atoms with Gasteiger partial charge in [-0.05, 0) is 51.3 Å². The van der Waals surface area contributed by atoms with Crippen LogP contribution < -0.4 is 10.1 Å². The molecule has 4 heteroatoms. The first-order valence-electron chi connectivity index (χ1n) is 6.97. The van der Waals surface area contributed by atoms with E-state index in [9.17, 15) is 0 Å². The van der Waals surface area contributed by atoms with Crippen LogP contribution in [0.25, 0.3) is 0 Å². The van der Waals surface area contributed by atoms with Gasteiger partial charge in [0.2, 0.25) is 0 Å². The highest BCUT2D eigenvalue weighted by atomic mass is 16.5. The fourth-order valence-electron chi connectivity index (χ4n) is 2.49. The SMILES string of the molecule is CNC(c1cncc(OC(C)C)c1)C(OC)C1CC1. The molecule has 19 heavy (non-hydrogen) atoms. The smallest absolute Gasteiger partial charge is 0.138 e. The molecular weight excluding hydrogens is 240 g/mol. The van der Waals surface area contributed by atoms with Gasteiger partial charge in [0.15, 0.2) is 0 Å². The minimum atomic E-state index is 0.159. The number of likely N-dealkylation sites (N-methyl/N-ethyl adjacent to an activating group) is 1. The first kappa shape index (κ1) is 14.3. The van der Waals surface area contributed by atoms with Crippen LogP contribution in [0.2, 0.25) is 0 Å². The maximum absolute atomic E-state index is 5.71. The maximum Gasteiger partial charge on any atom is 0.138 e. The molecule has 1 aromatic rings. The normalized spacial score (nSPS) is 18.4. The zero-order valence-electron chi connectivity index (χ0n) is 12.2. The van der Waals surface area contributed by atoms with Gasteiger partial charge in [-0.1, -0.05) is 0 Å². The molecule has 1 aliphatic rings. The van der Waals surface area contributed by atoms with Crippen LogP contribution in [0.1, 0.15) is 38.3 Å². The Morgan fingerprint density at radius 1 is 1.32 bits per heavy atom. The Hall–Kier alpha value is -1.13. The number of nitrogens with one attached hydrogen (secondary N) is 1. The van der Waals surface area contributed by atoms with Gasteiger partial charge in [-0.3, -0.25) is 4.98 Å². The van der Waals surface area contributed by atoms with E-state index < -0.39 is 0 Å². The fraction of sp³-hybridized carbons (Fsp3) is 0.667. The van der Waals surface area contributed by atoms with Gasteiger partial charge in [-0.25, -0.2) is 0 Å². The van der Waals surface area contributed by atoms with Crippen molar-refractivity contribution in [3.8, 4) is 5.75 Å². The molecule has 0 aliphatic heterocycles. The lowest BCUT2D eigenvalue weighted by molar-refractivity contribution is 0.0528. The van der Waals surface area contributed by atoms with Crippen molar-refractivity contribution in [3.63, 3.8) is 0 Å². The quantitative estimate of drug-likeness (QED) is 0.822. The minimum Gasteiger partial charge on any atom is -0.489 e. The molecule has 1 N–H and O–H groups in total. The second-order valence-electron chi connectivity index (χ2n) is 5.42. The van der Waals surface area contributed by atoms with E-state index in [1.165, 1.54) is 12.8 Å². The van der Waals surface area contributed by atoms with Crippen molar-refractivity contribution in [3.05, 3.63) is 24.0 Å². The topological polar surface area (TPSA) is 43.4 Å². The molecule has 0 amide bonds. The Kier molecular flexibility index (Phi) is 4.77. The summed E-state index contributed by atoms with van der Waals surface area (Å²) < 4.78 is 11.4. The van der Waals surface area contributed by atoms with E-state index in [-0.39, 0.29) is 18.2 Å². The monoisotopic (exact) mass is 264 g/mol. The third kappa shape index (κ3) is 3.67. The van der Waals surface area contributed by atoms with E-state index in [0.717, 1.165) is 11.3 Å². The molecule has 1 fully saturated rings. The van der Waals surface area contributed by atoms with Gasteiger partial charge in [0.05, 0.1) is 24.4 Å². The summed E-state index contributed by atoms with van der Waals surface area (Å²) in [5, 5.41) is 3.35. The molecule has 2 atom stereocenters. The fourth-order valence-corrected chi connectivity index (χ4v) is 2.49.